The van der Waals surface area contributed by atoms with Crippen molar-refractivity contribution in [2.45, 2.75) is 84.7 Å². The Kier molecular flexibility index (Phi) is 7.49. The van der Waals surface area contributed by atoms with Gasteiger partial charge in [-0.2, -0.15) is 0 Å². The van der Waals surface area contributed by atoms with Crippen LogP contribution in [0.5, 0.6) is 0 Å². The van der Waals surface area contributed by atoms with Crippen molar-refractivity contribution >= 4 is 23.5 Å². The Balaban J connectivity index is 0.00000289. The molecule has 0 aromatic rings. The average Bonchev–Trinajstić information content (AvgIpc) is 3.05. The Hall–Kier alpha value is -0.980. The van der Waals surface area contributed by atoms with Crippen molar-refractivity contribution < 1.29 is 58.6 Å². The molecule has 3 saturated carbocycles. The van der Waals surface area contributed by atoms with Crippen LogP contribution in [0, 0.1) is 34.5 Å². The molecule has 0 aromatic heterocycles. The van der Waals surface area contributed by atoms with Gasteiger partial charge in [0.1, 0.15) is 11.9 Å². The van der Waals surface area contributed by atoms with E-state index in [2.05, 4.69) is 13.8 Å². The van der Waals surface area contributed by atoms with Crippen LogP contribution in [0.15, 0.2) is 11.6 Å². The monoisotopic (exact) mass is 452 g/mol. The van der Waals surface area contributed by atoms with E-state index in [1.807, 2.05) is 0 Å². The fraction of sp³-hybridized carbons (Fsp3) is 0.760. The van der Waals surface area contributed by atoms with Crippen LogP contribution in [-0.4, -0.2) is 29.6 Å². The number of aliphatic carboxylic acids is 1. The van der Waals surface area contributed by atoms with Gasteiger partial charge in [-0.15, -0.1) is 0 Å². The van der Waals surface area contributed by atoms with E-state index in [1.54, 1.807) is 13.0 Å². The molecule has 4 aliphatic carbocycles. The van der Waals surface area contributed by atoms with E-state index in [0.29, 0.717) is 23.5 Å². The van der Waals surface area contributed by atoms with E-state index >= 15 is 0 Å². The number of hydrogen-bond acceptors (Lipinski definition) is 6. The van der Waals surface area contributed by atoms with Crippen molar-refractivity contribution in [1.82, 2.24) is 0 Å². The van der Waals surface area contributed by atoms with Crippen LogP contribution in [-0.2, 0) is 23.9 Å². The second-order valence-corrected chi connectivity index (χ2v) is 10.7. The van der Waals surface area contributed by atoms with Crippen molar-refractivity contribution in [3.8, 4) is 0 Å². The molecule has 0 aliphatic heterocycles. The third-order valence-electron chi connectivity index (χ3n) is 9.33. The van der Waals surface area contributed by atoms with E-state index in [0.717, 1.165) is 44.1 Å². The Morgan fingerprint density at radius 1 is 1.09 bits per heavy atom. The van der Waals surface area contributed by atoms with E-state index in [4.69, 9.17) is 4.74 Å². The number of ketones is 2. The molecule has 0 N–H and O–H groups in total. The number of esters is 1. The minimum Gasteiger partial charge on any atom is -0.550 e. The molecule has 0 saturated heterocycles. The Bertz CT molecular complexity index is 849. The van der Waals surface area contributed by atoms with Gasteiger partial charge >= 0.3 is 35.5 Å². The molecular weight excluding hydrogens is 419 g/mol. The van der Waals surface area contributed by atoms with Crippen LogP contribution in [0.3, 0.4) is 0 Å². The zero-order valence-corrected chi connectivity index (χ0v) is 21.8. The molecule has 6 nitrogen and oxygen atoms in total. The fourth-order valence-electron chi connectivity index (χ4n) is 7.84. The molecule has 0 spiro atoms. The number of carbonyl (C=O) groups is 4. The van der Waals surface area contributed by atoms with Gasteiger partial charge in [-0.1, -0.05) is 19.4 Å². The van der Waals surface area contributed by atoms with Crippen molar-refractivity contribution in [2.24, 2.45) is 34.5 Å². The number of carboxylic acids is 1. The molecular formula is C25H33NaO6. The van der Waals surface area contributed by atoms with Crippen molar-refractivity contribution in [3.05, 3.63) is 11.6 Å². The minimum absolute atomic E-state index is 0. The Morgan fingerprint density at radius 2 is 1.81 bits per heavy atom. The predicted molar refractivity (Wildman–Crippen MR) is 110 cm³/mol. The normalized spacial score (nSPS) is 40.2. The molecule has 32 heavy (non-hydrogen) atoms. The number of fused-ring (bicyclic) bond motifs is 5. The number of Topliss-reactive ketones (excluding diaryl/α,β-unsaturated/α-hetero) is 1. The van der Waals surface area contributed by atoms with Crippen LogP contribution in [0.2, 0.25) is 0 Å². The van der Waals surface area contributed by atoms with Gasteiger partial charge in [0.2, 0.25) is 0 Å². The Morgan fingerprint density at radius 3 is 2.47 bits per heavy atom. The Labute approximate surface area is 212 Å². The standard InChI is InChI=1S/C25H34O6.Na/c1-14(26)18-6-7-19-17-5-4-15-12-16(27)13-21(31-23(30)9-8-22(28)29)25(15,3)20(17)10-11-24(18,19)2;/h12,17-21H,4-11,13H2,1-3H3,(H,28,29);/q;+1/p-1/t17-,18+,19-,20-,21?,24+,25-;/m0./s1. The van der Waals surface area contributed by atoms with E-state index in [-0.39, 0.29) is 65.9 Å². The van der Waals surface area contributed by atoms with Crippen LogP contribution in [0.25, 0.3) is 0 Å². The molecule has 1 unspecified atom stereocenters. The van der Waals surface area contributed by atoms with Gasteiger partial charge in [-0.25, -0.2) is 0 Å². The molecule has 7 atom stereocenters. The largest absolute Gasteiger partial charge is 1.00 e. The average molecular weight is 453 g/mol. The summed E-state index contributed by atoms with van der Waals surface area (Å²) in [6.07, 6.45) is 6.52. The van der Waals surface area contributed by atoms with Crippen molar-refractivity contribution in [3.63, 3.8) is 0 Å². The molecule has 0 heterocycles. The van der Waals surface area contributed by atoms with Crippen LogP contribution in [0.1, 0.15) is 78.6 Å². The third kappa shape index (κ3) is 4.16. The summed E-state index contributed by atoms with van der Waals surface area (Å²) in [6.45, 7) is 6.16. The first-order valence-electron chi connectivity index (χ1n) is 11.7. The molecule has 0 aromatic carbocycles. The van der Waals surface area contributed by atoms with Crippen LogP contribution < -0.4 is 34.7 Å². The summed E-state index contributed by atoms with van der Waals surface area (Å²) in [5.41, 5.74) is 0.701. The molecule has 0 amide bonds. The first-order valence-corrected chi connectivity index (χ1v) is 11.7. The summed E-state index contributed by atoms with van der Waals surface area (Å²) >= 11 is 0. The summed E-state index contributed by atoms with van der Waals surface area (Å²) in [5.74, 6) is -0.235. The topological polar surface area (TPSA) is 101 Å². The zero-order chi connectivity index (χ0) is 22.6. The number of ether oxygens (including phenoxy) is 1. The SMILES string of the molecule is CC(=O)[C@H]1CC[C@H]2[C@@H]3CCC4=CC(=O)CC(OC(=O)CCC(=O)[O-])[C@]4(C)[C@H]3CC[C@]12C.[Na+]. The summed E-state index contributed by atoms with van der Waals surface area (Å²) < 4.78 is 5.78. The summed E-state index contributed by atoms with van der Waals surface area (Å²) in [6, 6.07) is 0. The number of carbonyl (C=O) groups excluding carboxylic acids is 4. The van der Waals surface area contributed by atoms with E-state index in [9.17, 15) is 24.3 Å². The minimum atomic E-state index is -1.28. The fourth-order valence-corrected chi connectivity index (χ4v) is 7.84. The molecule has 4 rings (SSSR count). The van der Waals surface area contributed by atoms with Gasteiger partial charge in [0.25, 0.3) is 0 Å². The van der Waals surface area contributed by atoms with Crippen LogP contribution in [0.4, 0.5) is 0 Å². The number of rotatable bonds is 5. The quantitative estimate of drug-likeness (QED) is 0.422. The van der Waals surface area contributed by atoms with Gasteiger partial charge in [-0.05, 0) is 81.1 Å². The smallest absolute Gasteiger partial charge is 0.550 e. The maximum atomic E-state index is 12.4. The van der Waals surface area contributed by atoms with Gasteiger partial charge in [-0.3, -0.25) is 14.4 Å². The maximum absolute atomic E-state index is 12.4. The van der Waals surface area contributed by atoms with Gasteiger partial charge in [0.15, 0.2) is 5.78 Å². The van der Waals surface area contributed by atoms with Crippen molar-refractivity contribution in [2.75, 3.05) is 0 Å². The third-order valence-corrected chi connectivity index (χ3v) is 9.33. The predicted octanol–water partition coefficient (Wildman–Crippen LogP) is -0.221. The molecule has 0 bridgehead atoms. The summed E-state index contributed by atoms with van der Waals surface area (Å²) in [5, 5.41) is 10.7. The first-order chi connectivity index (χ1) is 14.6. The summed E-state index contributed by atoms with van der Waals surface area (Å²) in [4.78, 5) is 47.8. The number of hydrogen-bond donors (Lipinski definition) is 0. The molecule has 3 fully saturated rings. The zero-order valence-electron chi connectivity index (χ0n) is 19.8. The maximum Gasteiger partial charge on any atom is 1.00 e. The second-order valence-electron chi connectivity index (χ2n) is 10.7. The van der Waals surface area contributed by atoms with Gasteiger partial charge in [0.05, 0.1) is 6.42 Å². The van der Waals surface area contributed by atoms with Gasteiger partial charge in [0, 0.05) is 23.7 Å². The van der Waals surface area contributed by atoms with E-state index in [1.165, 1.54) is 0 Å². The summed E-state index contributed by atoms with van der Waals surface area (Å²) in [7, 11) is 0. The van der Waals surface area contributed by atoms with Gasteiger partial charge < -0.3 is 14.6 Å². The molecule has 4 aliphatic rings. The van der Waals surface area contributed by atoms with Crippen LogP contribution >= 0.6 is 0 Å². The van der Waals surface area contributed by atoms with E-state index < -0.39 is 23.5 Å². The first kappa shape index (κ1) is 25.6. The second kappa shape index (κ2) is 9.34. The molecule has 0 radical (unpaired) electrons. The van der Waals surface area contributed by atoms with Crippen molar-refractivity contribution in [1.29, 1.82) is 0 Å². The molecule has 7 heteroatoms. The molecule has 170 valence electrons. The number of carboxylic acid groups (broad SMARTS) is 1.